The van der Waals surface area contributed by atoms with Crippen molar-refractivity contribution in [1.29, 1.82) is 0 Å². The lowest BCUT2D eigenvalue weighted by molar-refractivity contribution is -0.148. The van der Waals surface area contributed by atoms with Crippen LogP contribution in [0.25, 0.3) is 0 Å². The first-order valence-corrected chi connectivity index (χ1v) is 9.27. The molecule has 0 fully saturated rings. The first-order valence-electron chi connectivity index (χ1n) is 9.27. The van der Waals surface area contributed by atoms with E-state index in [1.807, 2.05) is 68.4 Å². The molecule has 2 unspecified atom stereocenters. The molecular formula is C22H27NO4. The molecule has 0 aliphatic heterocycles. The van der Waals surface area contributed by atoms with Gasteiger partial charge in [-0.2, -0.15) is 0 Å². The average molecular weight is 369 g/mol. The number of carbonyl (C=O) groups is 2. The predicted octanol–water partition coefficient (Wildman–Crippen LogP) is 3.44. The van der Waals surface area contributed by atoms with E-state index in [2.05, 4.69) is 5.32 Å². The second kappa shape index (κ2) is 10.4. The summed E-state index contributed by atoms with van der Waals surface area (Å²) in [6.45, 7) is 5.84. The van der Waals surface area contributed by atoms with Crippen LogP contribution in [0.5, 0.6) is 5.75 Å². The van der Waals surface area contributed by atoms with Crippen LogP contribution >= 0.6 is 0 Å². The smallest absolute Gasteiger partial charge is 0.328 e. The monoisotopic (exact) mass is 369 g/mol. The lowest BCUT2D eigenvalue weighted by Gasteiger charge is -2.22. The summed E-state index contributed by atoms with van der Waals surface area (Å²) in [4.78, 5) is 25.0. The van der Waals surface area contributed by atoms with Crippen molar-refractivity contribution in [3.8, 4) is 5.75 Å². The lowest BCUT2D eigenvalue weighted by atomic mass is 10.1. The fourth-order valence-electron chi connectivity index (χ4n) is 2.73. The molecule has 0 spiro atoms. The van der Waals surface area contributed by atoms with Crippen molar-refractivity contribution < 1.29 is 19.1 Å². The van der Waals surface area contributed by atoms with E-state index in [1.54, 1.807) is 6.92 Å². The molecule has 0 saturated carbocycles. The van der Waals surface area contributed by atoms with Gasteiger partial charge in [0.15, 0.2) is 6.10 Å². The highest BCUT2D eigenvalue weighted by molar-refractivity contribution is 5.87. The van der Waals surface area contributed by atoms with E-state index in [9.17, 15) is 9.59 Å². The normalized spacial score (nSPS) is 12.7. The summed E-state index contributed by atoms with van der Waals surface area (Å²) in [6.07, 6.45) is 0.173. The van der Waals surface area contributed by atoms with Gasteiger partial charge in [-0.15, -0.1) is 0 Å². The zero-order chi connectivity index (χ0) is 19.6. The second-order valence-corrected chi connectivity index (χ2v) is 6.33. The number of rotatable bonds is 9. The van der Waals surface area contributed by atoms with Crippen molar-refractivity contribution >= 4 is 11.9 Å². The summed E-state index contributed by atoms with van der Waals surface area (Å²) in [5.41, 5.74) is 2.00. The largest absolute Gasteiger partial charge is 0.481 e. The standard InChI is InChI=1S/C22H27NO4/c1-4-20(27-18-13-9-10-16(3)14-18)21(24)23-19(22(25)26-5-2)15-17-11-7-6-8-12-17/h6-14,19-20H,4-5,15H2,1-3H3,(H,23,24). The number of carbonyl (C=O) groups excluding carboxylic acids is 2. The Morgan fingerprint density at radius 1 is 1.04 bits per heavy atom. The van der Waals surface area contributed by atoms with Gasteiger partial charge in [-0.3, -0.25) is 4.79 Å². The Kier molecular flexibility index (Phi) is 7.86. The number of ether oxygens (including phenoxy) is 2. The van der Waals surface area contributed by atoms with Crippen molar-refractivity contribution in [1.82, 2.24) is 5.32 Å². The molecule has 1 amide bonds. The van der Waals surface area contributed by atoms with Crippen LogP contribution in [0, 0.1) is 6.92 Å². The van der Waals surface area contributed by atoms with Gasteiger partial charge in [-0.25, -0.2) is 4.79 Å². The molecule has 27 heavy (non-hydrogen) atoms. The maximum Gasteiger partial charge on any atom is 0.328 e. The molecule has 0 heterocycles. The quantitative estimate of drug-likeness (QED) is 0.688. The molecule has 2 atom stereocenters. The highest BCUT2D eigenvalue weighted by Crippen LogP contribution is 2.16. The Bertz CT molecular complexity index is 745. The van der Waals surface area contributed by atoms with Crippen LogP contribution in [0.2, 0.25) is 0 Å². The molecule has 5 heteroatoms. The van der Waals surface area contributed by atoms with Gasteiger partial charge in [-0.1, -0.05) is 49.4 Å². The fourth-order valence-corrected chi connectivity index (χ4v) is 2.73. The molecule has 144 valence electrons. The summed E-state index contributed by atoms with van der Waals surface area (Å²) in [6, 6.07) is 16.3. The Morgan fingerprint density at radius 2 is 1.78 bits per heavy atom. The third-order valence-corrected chi connectivity index (χ3v) is 4.10. The van der Waals surface area contributed by atoms with Crippen LogP contribution in [-0.2, 0) is 20.7 Å². The number of nitrogens with one attached hydrogen (secondary N) is 1. The second-order valence-electron chi connectivity index (χ2n) is 6.33. The zero-order valence-corrected chi connectivity index (χ0v) is 16.1. The Balaban J connectivity index is 2.08. The van der Waals surface area contributed by atoms with Gasteiger partial charge >= 0.3 is 5.97 Å². The molecule has 2 aromatic carbocycles. The molecule has 5 nitrogen and oxygen atoms in total. The maximum atomic E-state index is 12.7. The zero-order valence-electron chi connectivity index (χ0n) is 16.1. The van der Waals surface area contributed by atoms with Crippen LogP contribution in [-0.4, -0.2) is 30.6 Å². The molecule has 2 rings (SSSR count). The van der Waals surface area contributed by atoms with Gasteiger partial charge in [0.05, 0.1) is 6.61 Å². The first kappa shape index (κ1) is 20.5. The van der Waals surface area contributed by atoms with Gasteiger partial charge < -0.3 is 14.8 Å². The minimum absolute atomic E-state index is 0.261. The molecule has 0 radical (unpaired) electrons. The fraction of sp³-hybridized carbons (Fsp3) is 0.364. The van der Waals surface area contributed by atoms with Crippen molar-refractivity contribution in [2.24, 2.45) is 0 Å². The van der Waals surface area contributed by atoms with Crippen molar-refractivity contribution in [3.63, 3.8) is 0 Å². The van der Waals surface area contributed by atoms with Crippen molar-refractivity contribution in [2.75, 3.05) is 6.61 Å². The molecule has 0 aliphatic rings. The summed E-state index contributed by atoms with van der Waals surface area (Å²) in [5.74, 6) is -0.138. The van der Waals surface area contributed by atoms with Crippen LogP contribution in [0.3, 0.4) is 0 Å². The van der Waals surface area contributed by atoms with Crippen LogP contribution in [0.4, 0.5) is 0 Å². The third-order valence-electron chi connectivity index (χ3n) is 4.10. The van der Waals surface area contributed by atoms with Gasteiger partial charge in [0.1, 0.15) is 11.8 Å². The summed E-state index contributed by atoms with van der Waals surface area (Å²) in [7, 11) is 0. The van der Waals surface area contributed by atoms with E-state index in [4.69, 9.17) is 9.47 Å². The molecule has 0 saturated heterocycles. The van der Waals surface area contributed by atoms with Gasteiger partial charge in [0, 0.05) is 6.42 Å². The number of hydrogen-bond acceptors (Lipinski definition) is 4. The minimum atomic E-state index is -0.755. The van der Waals surface area contributed by atoms with Gasteiger partial charge in [-0.05, 0) is 43.5 Å². The molecule has 0 bridgehead atoms. The average Bonchev–Trinajstić information content (AvgIpc) is 2.66. The summed E-state index contributed by atoms with van der Waals surface area (Å²) in [5, 5.41) is 2.80. The van der Waals surface area contributed by atoms with Crippen LogP contribution in [0.1, 0.15) is 31.4 Å². The van der Waals surface area contributed by atoms with E-state index in [1.165, 1.54) is 0 Å². The predicted molar refractivity (Wildman–Crippen MR) is 105 cm³/mol. The molecular weight excluding hydrogens is 342 g/mol. The van der Waals surface area contributed by atoms with Crippen LogP contribution in [0.15, 0.2) is 54.6 Å². The SMILES string of the molecule is CCOC(=O)C(Cc1ccccc1)NC(=O)C(CC)Oc1cccc(C)c1. The van der Waals surface area contributed by atoms with E-state index >= 15 is 0 Å². The number of aryl methyl sites for hydroxylation is 1. The summed E-state index contributed by atoms with van der Waals surface area (Å²) < 4.78 is 11.0. The highest BCUT2D eigenvalue weighted by atomic mass is 16.5. The molecule has 2 aromatic rings. The van der Waals surface area contributed by atoms with Gasteiger partial charge in [0.25, 0.3) is 5.91 Å². The summed E-state index contributed by atoms with van der Waals surface area (Å²) >= 11 is 0. The minimum Gasteiger partial charge on any atom is -0.481 e. The van der Waals surface area contributed by atoms with E-state index in [0.29, 0.717) is 18.6 Å². The Hall–Kier alpha value is -2.82. The number of amides is 1. The Morgan fingerprint density at radius 3 is 2.41 bits per heavy atom. The third kappa shape index (κ3) is 6.44. The van der Waals surface area contributed by atoms with Crippen molar-refractivity contribution in [3.05, 3.63) is 65.7 Å². The van der Waals surface area contributed by atoms with Crippen molar-refractivity contribution in [2.45, 2.75) is 45.8 Å². The number of hydrogen-bond donors (Lipinski definition) is 1. The Labute approximate surface area is 160 Å². The van der Waals surface area contributed by atoms with Crippen LogP contribution < -0.4 is 10.1 Å². The van der Waals surface area contributed by atoms with Gasteiger partial charge in [0.2, 0.25) is 0 Å². The van der Waals surface area contributed by atoms with E-state index < -0.39 is 18.1 Å². The number of benzene rings is 2. The molecule has 1 N–H and O–H groups in total. The molecule has 0 aliphatic carbocycles. The first-order chi connectivity index (χ1) is 13.0. The lowest BCUT2D eigenvalue weighted by Crippen LogP contribution is -2.48. The van der Waals surface area contributed by atoms with E-state index in [0.717, 1.165) is 11.1 Å². The van der Waals surface area contributed by atoms with E-state index in [-0.39, 0.29) is 12.5 Å². The molecule has 0 aromatic heterocycles. The highest BCUT2D eigenvalue weighted by Gasteiger charge is 2.27. The maximum absolute atomic E-state index is 12.7. The number of esters is 1. The topological polar surface area (TPSA) is 64.6 Å².